The second-order valence-electron chi connectivity index (χ2n) is 5.55. The van der Waals surface area contributed by atoms with Gasteiger partial charge in [0, 0.05) is 25.2 Å². The van der Waals surface area contributed by atoms with E-state index in [1.54, 1.807) is 0 Å². The molecule has 0 bridgehead atoms. The van der Waals surface area contributed by atoms with Crippen LogP contribution in [0.4, 0.5) is 0 Å². The van der Waals surface area contributed by atoms with Crippen LogP contribution < -0.4 is 5.73 Å². The molecule has 0 radical (unpaired) electrons. The molecule has 1 aliphatic heterocycles. The summed E-state index contributed by atoms with van der Waals surface area (Å²) in [6, 6.07) is 0. The Morgan fingerprint density at radius 3 is 2.31 bits per heavy atom. The van der Waals surface area contributed by atoms with Crippen LogP contribution in [-0.2, 0) is 0 Å². The fourth-order valence-electron chi connectivity index (χ4n) is 2.38. The molecule has 0 amide bonds. The summed E-state index contributed by atoms with van der Waals surface area (Å²) in [7, 11) is 0. The van der Waals surface area contributed by atoms with Gasteiger partial charge in [-0.15, -0.1) is 0 Å². The Labute approximate surface area is 101 Å². The zero-order chi connectivity index (χ0) is 12.0. The van der Waals surface area contributed by atoms with Gasteiger partial charge in [0.15, 0.2) is 0 Å². The van der Waals surface area contributed by atoms with Crippen LogP contribution in [0.25, 0.3) is 0 Å². The Balaban J connectivity index is 2.37. The normalized spacial score (nSPS) is 18.6. The van der Waals surface area contributed by atoms with Crippen LogP contribution in [0.2, 0.25) is 0 Å². The fourth-order valence-corrected chi connectivity index (χ4v) is 2.38. The monoisotopic (exact) mass is 227 g/mol. The number of nitrogens with two attached hydrogens (primary N) is 1. The van der Waals surface area contributed by atoms with Crippen molar-refractivity contribution >= 4 is 0 Å². The van der Waals surface area contributed by atoms with Gasteiger partial charge in [-0.25, -0.2) is 0 Å². The molecule has 0 aromatic rings. The standard InChI is InChI=1S/C13H29N3/c1-4-7-16(13(2,3)12-14)11-10-15-8-5-6-9-15/h4-12,14H2,1-3H3. The number of hydrogen-bond donors (Lipinski definition) is 1. The summed E-state index contributed by atoms with van der Waals surface area (Å²) in [6.07, 6.45) is 3.98. The van der Waals surface area contributed by atoms with Gasteiger partial charge in [0.2, 0.25) is 0 Å². The number of likely N-dealkylation sites (tertiary alicyclic amines) is 1. The molecule has 1 rings (SSSR count). The van der Waals surface area contributed by atoms with Crippen LogP contribution in [0.1, 0.15) is 40.0 Å². The molecule has 0 unspecified atom stereocenters. The van der Waals surface area contributed by atoms with E-state index in [2.05, 4.69) is 30.6 Å². The average molecular weight is 227 g/mol. The van der Waals surface area contributed by atoms with Crippen molar-refractivity contribution in [2.24, 2.45) is 5.73 Å². The summed E-state index contributed by atoms with van der Waals surface area (Å²) in [5.74, 6) is 0. The first-order valence-corrected chi connectivity index (χ1v) is 6.77. The summed E-state index contributed by atoms with van der Waals surface area (Å²) in [5.41, 5.74) is 6.01. The van der Waals surface area contributed by atoms with Gasteiger partial charge in [0.1, 0.15) is 0 Å². The lowest BCUT2D eigenvalue weighted by atomic mass is 10.0. The number of hydrogen-bond acceptors (Lipinski definition) is 3. The first-order valence-electron chi connectivity index (χ1n) is 6.77. The molecule has 3 heteroatoms. The average Bonchev–Trinajstić information content (AvgIpc) is 2.76. The van der Waals surface area contributed by atoms with Crippen molar-refractivity contribution in [3.05, 3.63) is 0 Å². The van der Waals surface area contributed by atoms with E-state index in [4.69, 9.17) is 5.73 Å². The Bertz CT molecular complexity index is 186. The largest absolute Gasteiger partial charge is 0.329 e. The van der Waals surface area contributed by atoms with E-state index in [1.807, 2.05) is 0 Å². The molecule has 1 fully saturated rings. The Morgan fingerprint density at radius 1 is 1.19 bits per heavy atom. The van der Waals surface area contributed by atoms with E-state index < -0.39 is 0 Å². The van der Waals surface area contributed by atoms with E-state index in [1.165, 1.54) is 38.9 Å². The third-order valence-corrected chi connectivity index (χ3v) is 3.73. The van der Waals surface area contributed by atoms with Gasteiger partial charge in [0.25, 0.3) is 0 Å². The Kier molecular flexibility index (Phi) is 5.73. The lowest BCUT2D eigenvalue weighted by Crippen LogP contribution is -2.51. The molecule has 0 aromatic carbocycles. The van der Waals surface area contributed by atoms with Crippen molar-refractivity contribution in [3.63, 3.8) is 0 Å². The maximum absolute atomic E-state index is 5.87. The molecule has 0 atom stereocenters. The van der Waals surface area contributed by atoms with Crippen LogP contribution in [0, 0.1) is 0 Å². The summed E-state index contributed by atoms with van der Waals surface area (Å²) < 4.78 is 0. The molecular formula is C13H29N3. The van der Waals surface area contributed by atoms with Crippen molar-refractivity contribution in [2.45, 2.75) is 45.6 Å². The quantitative estimate of drug-likeness (QED) is 0.716. The molecule has 1 saturated heterocycles. The highest BCUT2D eigenvalue weighted by atomic mass is 15.2. The van der Waals surface area contributed by atoms with Crippen molar-refractivity contribution in [1.29, 1.82) is 0 Å². The smallest absolute Gasteiger partial charge is 0.0275 e. The van der Waals surface area contributed by atoms with Crippen LogP contribution in [0.15, 0.2) is 0 Å². The minimum absolute atomic E-state index is 0.149. The van der Waals surface area contributed by atoms with Gasteiger partial charge in [-0.2, -0.15) is 0 Å². The van der Waals surface area contributed by atoms with Gasteiger partial charge >= 0.3 is 0 Å². The Morgan fingerprint density at radius 2 is 1.81 bits per heavy atom. The lowest BCUT2D eigenvalue weighted by Gasteiger charge is -2.38. The maximum Gasteiger partial charge on any atom is 0.0275 e. The fraction of sp³-hybridized carbons (Fsp3) is 1.00. The highest BCUT2D eigenvalue weighted by Crippen LogP contribution is 2.14. The highest BCUT2D eigenvalue weighted by Gasteiger charge is 2.24. The second kappa shape index (κ2) is 6.58. The summed E-state index contributed by atoms with van der Waals surface area (Å²) in [4.78, 5) is 5.13. The highest BCUT2D eigenvalue weighted by molar-refractivity contribution is 4.83. The summed E-state index contributed by atoms with van der Waals surface area (Å²) in [6.45, 7) is 13.6. The zero-order valence-corrected chi connectivity index (χ0v) is 11.3. The van der Waals surface area contributed by atoms with Crippen LogP contribution in [0.5, 0.6) is 0 Å². The second-order valence-corrected chi connectivity index (χ2v) is 5.55. The minimum atomic E-state index is 0.149. The van der Waals surface area contributed by atoms with E-state index in [-0.39, 0.29) is 5.54 Å². The van der Waals surface area contributed by atoms with Crippen molar-refractivity contribution in [2.75, 3.05) is 39.3 Å². The lowest BCUT2D eigenvalue weighted by molar-refractivity contribution is 0.112. The third-order valence-electron chi connectivity index (χ3n) is 3.73. The topological polar surface area (TPSA) is 32.5 Å². The van der Waals surface area contributed by atoms with Crippen LogP contribution in [0.3, 0.4) is 0 Å². The molecule has 3 nitrogen and oxygen atoms in total. The molecule has 1 aliphatic rings. The number of nitrogens with zero attached hydrogens (tertiary/aromatic N) is 2. The predicted octanol–water partition coefficient (Wildman–Crippen LogP) is 1.53. The van der Waals surface area contributed by atoms with Gasteiger partial charge < -0.3 is 10.6 Å². The van der Waals surface area contributed by atoms with Gasteiger partial charge in [0.05, 0.1) is 0 Å². The van der Waals surface area contributed by atoms with E-state index >= 15 is 0 Å². The van der Waals surface area contributed by atoms with Crippen molar-refractivity contribution < 1.29 is 0 Å². The minimum Gasteiger partial charge on any atom is -0.329 e. The molecule has 0 saturated carbocycles. The first kappa shape index (κ1) is 13.9. The van der Waals surface area contributed by atoms with Crippen molar-refractivity contribution in [1.82, 2.24) is 9.80 Å². The summed E-state index contributed by atoms with van der Waals surface area (Å²) in [5, 5.41) is 0. The van der Waals surface area contributed by atoms with E-state index in [9.17, 15) is 0 Å². The van der Waals surface area contributed by atoms with E-state index in [0.717, 1.165) is 19.6 Å². The van der Waals surface area contributed by atoms with Gasteiger partial charge in [-0.05, 0) is 52.7 Å². The predicted molar refractivity (Wildman–Crippen MR) is 70.7 cm³/mol. The zero-order valence-electron chi connectivity index (χ0n) is 11.3. The molecule has 0 spiro atoms. The molecule has 0 aromatic heterocycles. The van der Waals surface area contributed by atoms with Gasteiger partial charge in [-0.1, -0.05) is 6.92 Å². The van der Waals surface area contributed by atoms with Crippen LogP contribution >= 0.6 is 0 Å². The van der Waals surface area contributed by atoms with Crippen molar-refractivity contribution in [3.8, 4) is 0 Å². The Hall–Kier alpha value is -0.120. The third kappa shape index (κ3) is 4.04. The van der Waals surface area contributed by atoms with Crippen LogP contribution in [-0.4, -0.2) is 54.6 Å². The summed E-state index contributed by atoms with van der Waals surface area (Å²) >= 11 is 0. The van der Waals surface area contributed by atoms with Gasteiger partial charge in [-0.3, -0.25) is 4.90 Å². The molecule has 0 aliphatic carbocycles. The molecule has 1 heterocycles. The first-order chi connectivity index (χ1) is 7.60. The SMILES string of the molecule is CCCN(CCN1CCCC1)C(C)(C)CN. The maximum atomic E-state index is 5.87. The molecule has 96 valence electrons. The molecule has 16 heavy (non-hydrogen) atoms. The molecule has 2 N–H and O–H groups in total. The molecular weight excluding hydrogens is 198 g/mol. The number of rotatable bonds is 7. The van der Waals surface area contributed by atoms with E-state index in [0.29, 0.717) is 0 Å².